The molecule has 2 rings (SSSR count). The van der Waals surface area contributed by atoms with E-state index in [9.17, 15) is 9.90 Å². The van der Waals surface area contributed by atoms with Crippen molar-refractivity contribution in [2.45, 2.75) is 13.3 Å². The van der Waals surface area contributed by atoms with Crippen molar-refractivity contribution in [2.75, 3.05) is 13.7 Å². The first-order valence-corrected chi connectivity index (χ1v) is 8.36. The van der Waals surface area contributed by atoms with E-state index in [1.807, 2.05) is 25.1 Å². The molecule has 0 aliphatic heterocycles. The third kappa shape index (κ3) is 4.61. The molecule has 0 saturated heterocycles. The van der Waals surface area contributed by atoms with E-state index in [0.29, 0.717) is 17.9 Å². The summed E-state index contributed by atoms with van der Waals surface area (Å²) in [6.45, 7) is 2.68. The molecule has 0 spiro atoms. The van der Waals surface area contributed by atoms with E-state index in [1.165, 1.54) is 0 Å². The van der Waals surface area contributed by atoms with Crippen LogP contribution in [0.3, 0.4) is 0 Å². The standard InChI is InChI=1S/C19H19BrO4/c1-3-10-24-18-9-4-13(12-17(18)20)11-16(19(21)22)14-5-7-15(23-2)8-6-14/h4-9,11-12H,3,10H2,1-2H3,(H,21,22)/b16-11-. The molecule has 0 heterocycles. The Morgan fingerprint density at radius 1 is 1.21 bits per heavy atom. The molecule has 0 aliphatic carbocycles. The summed E-state index contributed by atoms with van der Waals surface area (Å²) in [5.41, 5.74) is 1.61. The fourth-order valence-electron chi connectivity index (χ4n) is 2.14. The molecule has 0 aromatic heterocycles. The molecular formula is C19H19BrO4. The van der Waals surface area contributed by atoms with Gasteiger partial charge in [0.1, 0.15) is 11.5 Å². The quantitative estimate of drug-likeness (QED) is 0.540. The van der Waals surface area contributed by atoms with Crippen LogP contribution in [0.4, 0.5) is 0 Å². The van der Waals surface area contributed by atoms with E-state index in [-0.39, 0.29) is 5.57 Å². The van der Waals surface area contributed by atoms with Crippen LogP contribution in [0.5, 0.6) is 11.5 Å². The second kappa shape index (κ2) is 8.55. The Morgan fingerprint density at radius 3 is 2.46 bits per heavy atom. The Kier molecular flexibility index (Phi) is 6.44. The molecular weight excluding hydrogens is 372 g/mol. The molecule has 2 aromatic carbocycles. The summed E-state index contributed by atoms with van der Waals surface area (Å²) in [5.74, 6) is 0.446. The van der Waals surface area contributed by atoms with Gasteiger partial charge in [-0.05, 0) is 63.8 Å². The summed E-state index contributed by atoms with van der Waals surface area (Å²) in [5, 5.41) is 9.52. The number of carboxylic acid groups (broad SMARTS) is 1. The van der Waals surface area contributed by atoms with E-state index in [4.69, 9.17) is 9.47 Å². The fourth-order valence-corrected chi connectivity index (χ4v) is 2.65. The van der Waals surface area contributed by atoms with E-state index in [0.717, 1.165) is 22.2 Å². The molecule has 0 bridgehead atoms. The number of ether oxygens (including phenoxy) is 2. The van der Waals surface area contributed by atoms with Gasteiger partial charge in [0, 0.05) is 0 Å². The molecule has 2 aromatic rings. The highest BCUT2D eigenvalue weighted by atomic mass is 79.9. The third-order valence-electron chi connectivity index (χ3n) is 3.36. The molecule has 0 unspecified atom stereocenters. The van der Waals surface area contributed by atoms with Crippen molar-refractivity contribution in [3.05, 3.63) is 58.1 Å². The van der Waals surface area contributed by atoms with E-state index in [2.05, 4.69) is 15.9 Å². The van der Waals surface area contributed by atoms with Gasteiger partial charge in [-0.25, -0.2) is 4.79 Å². The van der Waals surface area contributed by atoms with Crippen molar-refractivity contribution in [1.82, 2.24) is 0 Å². The lowest BCUT2D eigenvalue weighted by molar-refractivity contribution is -0.130. The molecule has 0 saturated carbocycles. The maximum Gasteiger partial charge on any atom is 0.336 e. The molecule has 4 nitrogen and oxygen atoms in total. The number of hydrogen-bond donors (Lipinski definition) is 1. The number of methoxy groups -OCH3 is 1. The number of benzene rings is 2. The van der Waals surface area contributed by atoms with Gasteiger partial charge in [0.2, 0.25) is 0 Å². The summed E-state index contributed by atoms with van der Waals surface area (Å²) in [6, 6.07) is 12.4. The second-order valence-corrected chi connectivity index (χ2v) is 5.98. The lowest BCUT2D eigenvalue weighted by Gasteiger charge is -2.08. The van der Waals surface area contributed by atoms with Crippen molar-refractivity contribution < 1.29 is 19.4 Å². The first kappa shape index (κ1) is 18.1. The monoisotopic (exact) mass is 390 g/mol. The smallest absolute Gasteiger partial charge is 0.336 e. The minimum Gasteiger partial charge on any atom is -0.497 e. The zero-order valence-electron chi connectivity index (χ0n) is 13.6. The maximum atomic E-state index is 11.6. The van der Waals surface area contributed by atoms with Crippen LogP contribution in [0.1, 0.15) is 24.5 Å². The fraction of sp³-hybridized carbons (Fsp3) is 0.211. The highest BCUT2D eigenvalue weighted by Crippen LogP contribution is 2.28. The predicted octanol–water partition coefficient (Wildman–Crippen LogP) is 4.87. The first-order chi connectivity index (χ1) is 11.5. The average molecular weight is 391 g/mol. The number of halogens is 1. The number of carboxylic acids is 1. The SMILES string of the molecule is CCCOc1ccc(/C=C(\C(=O)O)c2ccc(OC)cc2)cc1Br. The molecule has 126 valence electrons. The zero-order chi connectivity index (χ0) is 17.5. The Bertz CT molecular complexity index is 736. The van der Waals surface area contributed by atoms with Gasteiger partial charge < -0.3 is 14.6 Å². The lowest BCUT2D eigenvalue weighted by Crippen LogP contribution is -2.00. The summed E-state index contributed by atoms with van der Waals surface area (Å²) >= 11 is 3.46. The van der Waals surface area contributed by atoms with Gasteiger partial charge in [-0.2, -0.15) is 0 Å². The Hall–Kier alpha value is -2.27. The normalized spacial score (nSPS) is 11.2. The van der Waals surface area contributed by atoms with Gasteiger partial charge in [-0.15, -0.1) is 0 Å². The van der Waals surface area contributed by atoms with Gasteiger partial charge >= 0.3 is 5.97 Å². The second-order valence-electron chi connectivity index (χ2n) is 5.13. The van der Waals surface area contributed by atoms with Crippen LogP contribution >= 0.6 is 15.9 Å². The van der Waals surface area contributed by atoms with Crippen LogP contribution < -0.4 is 9.47 Å². The molecule has 24 heavy (non-hydrogen) atoms. The highest BCUT2D eigenvalue weighted by Gasteiger charge is 2.11. The van der Waals surface area contributed by atoms with Crippen molar-refractivity contribution in [2.24, 2.45) is 0 Å². The van der Waals surface area contributed by atoms with Crippen LogP contribution in [-0.2, 0) is 4.79 Å². The summed E-state index contributed by atoms with van der Waals surface area (Å²) in [4.78, 5) is 11.6. The predicted molar refractivity (Wildman–Crippen MR) is 98.4 cm³/mol. The van der Waals surface area contributed by atoms with Crippen molar-refractivity contribution >= 4 is 33.5 Å². The van der Waals surface area contributed by atoms with Gasteiger partial charge in [0.15, 0.2) is 0 Å². The van der Waals surface area contributed by atoms with Gasteiger partial charge in [-0.1, -0.05) is 25.1 Å². The zero-order valence-corrected chi connectivity index (χ0v) is 15.2. The summed E-state index contributed by atoms with van der Waals surface area (Å²) in [6.07, 6.45) is 2.56. The molecule has 0 aliphatic rings. The third-order valence-corrected chi connectivity index (χ3v) is 3.98. The van der Waals surface area contributed by atoms with E-state index in [1.54, 1.807) is 37.5 Å². The van der Waals surface area contributed by atoms with Crippen molar-refractivity contribution in [1.29, 1.82) is 0 Å². The minimum absolute atomic E-state index is 0.215. The van der Waals surface area contributed by atoms with Crippen LogP contribution in [0.15, 0.2) is 46.9 Å². The van der Waals surface area contributed by atoms with Crippen LogP contribution in [0, 0.1) is 0 Å². The minimum atomic E-state index is -0.984. The van der Waals surface area contributed by atoms with E-state index >= 15 is 0 Å². The van der Waals surface area contributed by atoms with Crippen LogP contribution in [0.2, 0.25) is 0 Å². The van der Waals surface area contributed by atoms with E-state index < -0.39 is 5.97 Å². The van der Waals surface area contributed by atoms with Gasteiger partial charge in [0.25, 0.3) is 0 Å². The van der Waals surface area contributed by atoms with Crippen LogP contribution in [-0.4, -0.2) is 24.8 Å². The van der Waals surface area contributed by atoms with Gasteiger partial charge in [-0.3, -0.25) is 0 Å². The first-order valence-electron chi connectivity index (χ1n) is 7.57. The number of carbonyl (C=O) groups is 1. The lowest BCUT2D eigenvalue weighted by atomic mass is 10.0. The summed E-state index contributed by atoms with van der Waals surface area (Å²) in [7, 11) is 1.57. The Balaban J connectivity index is 2.33. The molecule has 0 atom stereocenters. The van der Waals surface area contributed by atoms with Crippen molar-refractivity contribution in [3.63, 3.8) is 0 Å². The number of aliphatic carboxylic acids is 1. The van der Waals surface area contributed by atoms with Crippen LogP contribution in [0.25, 0.3) is 11.6 Å². The maximum absolute atomic E-state index is 11.6. The largest absolute Gasteiger partial charge is 0.497 e. The molecule has 0 amide bonds. The van der Waals surface area contributed by atoms with Crippen molar-refractivity contribution in [3.8, 4) is 11.5 Å². The van der Waals surface area contributed by atoms with Gasteiger partial charge in [0.05, 0.1) is 23.8 Å². The molecule has 1 N–H and O–H groups in total. The number of hydrogen-bond acceptors (Lipinski definition) is 3. The number of rotatable bonds is 7. The molecule has 5 heteroatoms. The molecule has 0 radical (unpaired) electrons. The summed E-state index contributed by atoms with van der Waals surface area (Å²) < 4.78 is 11.5. The highest BCUT2D eigenvalue weighted by molar-refractivity contribution is 9.10. The topological polar surface area (TPSA) is 55.8 Å². The average Bonchev–Trinajstić information content (AvgIpc) is 2.59. The molecule has 0 fully saturated rings. The Labute approximate surface area is 149 Å². The Morgan fingerprint density at radius 2 is 1.92 bits per heavy atom.